The largest absolute Gasteiger partial charge is 0.489 e. The van der Waals surface area contributed by atoms with Crippen LogP contribution in [0.15, 0.2) is 42.5 Å². The van der Waals surface area contributed by atoms with E-state index in [9.17, 15) is 4.79 Å². The van der Waals surface area contributed by atoms with Crippen LogP contribution < -0.4 is 14.8 Å². The zero-order valence-electron chi connectivity index (χ0n) is 14.9. The van der Waals surface area contributed by atoms with Gasteiger partial charge in [0.2, 0.25) is 0 Å². The molecule has 24 heavy (non-hydrogen) atoms. The van der Waals surface area contributed by atoms with Gasteiger partial charge < -0.3 is 14.8 Å². The van der Waals surface area contributed by atoms with Crippen molar-refractivity contribution in [1.82, 2.24) is 0 Å². The Hall–Kier alpha value is -2.49. The molecule has 0 aromatic heterocycles. The summed E-state index contributed by atoms with van der Waals surface area (Å²) < 4.78 is 11.6. The van der Waals surface area contributed by atoms with Crippen LogP contribution in [0.3, 0.4) is 0 Å². The number of nitrogens with one attached hydrogen (secondary N) is 1. The molecule has 0 fully saturated rings. The molecule has 1 atom stereocenters. The van der Waals surface area contributed by atoms with E-state index in [-0.39, 0.29) is 12.0 Å². The first-order chi connectivity index (χ1) is 11.4. The lowest BCUT2D eigenvalue weighted by Gasteiger charge is -2.19. The third kappa shape index (κ3) is 4.51. The van der Waals surface area contributed by atoms with Gasteiger partial charge in [0.15, 0.2) is 6.10 Å². The van der Waals surface area contributed by atoms with Gasteiger partial charge in [-0.15, -0.1) is 0 Å². The van der Waals surface area contributed by atoms with E-state index in [1.165, 1.54) is 0 Å². The van der Waals surface area contributed by atoms with Crippen LogP contribution in [0.2, 0.25) is 0 Å². The first-order valence-corrected chi connectivity index (χ1v) is 8.18. The average Bonchev–Trinajstić information content (AvgIpc) is 2.52. The molecule has 4 nitrogen and oxygen atoms in total. The van der Waals surface area contributed by atoms with Crippen LogP contribution in [0.4, 0.5) is 5.69 Å². The van der Waals surface area contributed by atoms with Gasteiger partial charge in [-0.3, -0.25) is 4.79 Å². The molecule has 0 heterocycles. The molecule has 2 aromatic carbocycles. The van der Waals surface area contributed by atoms with Gasteiger partial charge in [0.25, 0.3) is 5.91 Å². The first-order valence-electron chi connectivity index (χ1n) is 8.18. The molecule has 0 bridgehead atoms. The van der Waals surface area contributed by atoms with Gasteiger partial charge in [0.05, 0.1) is 11.8 Å². The second-order valence-corrected chi connectivity index (χ2v) is 6.13. The number of para-hydroxylation sites is 3. The number of aryl methyl sites for hydroxylation is 2. The first kappa shape index (κ1) is 17.9. The van der Waals surface area contributed by atoms with E-state index in [0.717, 1.165) is 16.9 Å². The van der Waals surface area contributed by atoms with Crippen molar-refractivity contribution in [3.8, 4) is 11.5 Å². The highest BCUT2D eigenvalue weighted by molar-refractivity contribution is 5.95. The van der Waals surface area contributed by atoms with Crippen molar-refractivity contribution in [2.45, 2.75) is 46.8 Å². The Morgan fingerprint density at radius 2 is 1.54 bits per heavy atom. The van der Waals surface area contributed by atoms with Crippen molar-refractivity contribution in [3.05, 3.63) is 53.6 Å². The van der Waals surface area contributed by atoms with Crippen molar-refractivity contribution < 1.29 is 14.3 Å². The van der Waals surface area contributed by atoms with E-state index in [0.29, 0.717) is 11.4 Å². The SMILES string of the molecule is Cc1cccc(C)c1OC(C)C(=O)Nc1ccccc1OC(C)C. The highest BCUT2D eigenvalue weighted by Gasteiger charge is 2.18. The predicted octanol–water partition coefficient (Wildman–Crippen LogP) is 4.50. The molecule has 1 N–H and O–H groups in total. The summed E-state index contributed by atoms with van der Waals surface area (Å²) in [6.07, 6.45) is -0.580. The minimum Gasteiger partial charge on any atom is -0.489 e. The third-order valence-corrected chi connectivity index (χ3v) is 3.58. The summed E-state index contributed by atoms with van der Waals surface area (Å²) in [5.74, 6) is 1.20. The van der Waals surface area contributed by atoms with E-state index in [2.05, 4.69) is 5.32 Å². The van der Waals surface area contributed by atoms with Crippen molar-refractivity contribution in [2.75, 3.05) is 5.32 Å². The number of ether oxygens (including phenoxy) is 2. The summed E-state index contributed by atoms with van der Waals surface area (Å²) in [5, 5.41) is 2.89. The topological polar surface area (TPSA) is 47.6 Å². The fourth-order valence-electron chi connectivity index (χ4n) is 2.38. The van der Waals surface area contributed by atoms with Gasteiger partial charge in [-0.05, 0) is 57.9 Å². The molecule has 0 aliphatic carbocycles. The standard InChI is InChI=1S/C20H25NO3/c1-13(2)23-18-12-7-6-11-17(18)21-20(22)16(5)24-19-14(3)9-8-10-15(19)4/h6-13,16H,1-5H3,(H,21,22). The molecule has 4 heteroatoms. The number of benzene rings is 2. The normalized spacial score (nSPS) is 11.9. The molecule has 0 saturated heterocycles. The zero-order valence-corrected chi connectivity index (χ0v) is 14.9. The van der Waals surface area contributed by atoms with E-state index in [1.54, 1.807) is 6.92 Å². The molecule has 0 spiro atoms. The predicted molar refractivity (Wildman–Crippen MR) is 96.8 cm³/mol. The molecule has 0 radical (unpaired) electrons. The number of hydrogen-bond donors (Lipinski definition) is 1. The minimum atomic E-state index is -0.614. The third-order valence-electron chi connectivity index (χ3n) is 3.58. The monoisotopic (exact) mass is 327 g/mol. The van der Waals surface area contributed by atoms with E-state index in [4.69, 9.17) is 9.47 Å². The summed E-state index contributed by atoms with van der Waals surface area (Å²) in [6.45, 7) is 9.58. The molecule has 1 amide bonds. The van der Waals surface area contributed by atoms with Crippen LogP contribution >= 0.6 is 0 Å². The summed E-state index contributed by atoms with van der Waals surface area (Å²) in [5.41, 5.74) is 2.67. The Bertz CT molecular complexity index is 690. The maximum atomic E-state index is 12.5. The number of anilines is 1. The lowest BCUT2D eigenvalue weighted by molar-refractivity contribution is -0.122. The van der Waals surface area contributed by atoms with Crippen molar-refractivity contribution in [2.24, 2.45) is 0 Å². The molecular weight excluding hydrogens is 302 g/mol. The average molecular weight is 327 g/mol. The lowest BCUT2D eigenvalue weighted by Crippen LogP contribution is -2.30. The molecule has 0 aliphatic heterocycles. The van der Waals surface area contributed by atoms with Gasteiger partial charge in [0.1, 0.15) is 11.5 Å². The van der Waals surface area contributed by atoms with Gasteiger partial charge >= 0.3 is 0 Å². The van der Waals surface area contributed by atoms with E-state index in [1.807, 2.05) is 70.2 Å². The number of carbonyl (C=O) groups is 1. The minimum absolute atomic E-state index is 0.0337. The van der Waals surface area contributed by atoms with Gasteiger partial charge in [-0.2, -0.15) is 0 Å². The maximum absolute atomic E-state index is 12.5. The second-order valence-electron chi connectivity index (χ2n) is 6.13. The highest BCUT2D eigenvalue weighted by Crippen LogP contribution is 2.26. The highest BCUT2D eigenvalue weighted by atomic mass is 16.5. The lowest BCUT2D eigenvalue weighted by atomic mass is 10.1. The molecule has 2 aromatic rings. The Kier molecular flexibility index (Phi) is 5.85. The fourth-order valence-corrected chi connectivity index (χ4v) is 2.38. The molecular formula is C20H25NO3. The summed E-state index contributed by atoms with van der Waals surface area (Å²) in [7, 11) is 0. The van der Waals surface area contributed by atoms with Crippen LogP contribution in [-0.2, 0) is 4.79 Å². The Morgan fingerprint density at radius 3 is 2.17 bits per heavy atom. The summed E-state index contributed by atoms with van der Waals surface area (Å²) in [4.78, 5) is 12.5. The molecule has 128 valence electrons. The molecule has 1 unspecified atom stereocenters. The van der Waals surface area contributed by atoms with Gasteiger partial charge in [0, 0.05) is 0 Å². The van der Waals surface area contributed by atoms with Crippen molar-refractivity contribution in [1.29, 1.82) is 0 Å². The van der Waals surface area contributed by atoms with E-state index >= 15 is 0 Å². The zero-order chi connectivity index (χ0) is 17.7. The molecule has 0 aliphatic rings. The van der Waals surface area contributed by atoms with Crippen LogP contribution in [0.25, 0.3) is 0 Å². The quantitative estimate of drug-likeness (QED) is 0.850. The summed E-state index contributed by atoms with van der Waals surface area (Å²) in [6, 6.07) is 13.3. The van der Waals surface area contributed by atoms with Gasteiger partial charge in [-0.25, -0.2) is 0 Å². The van der Waals surface area contributed by atoms with E-state index < -0.39 is 6.10 Å². The smallest absolute Gasteiger partial charge is 0.265 e. The number of amides is 1. The Morgan fingerprint density at radius 1 is 0.917 bits per heavy atom. The van der Waals surface area contributed by atoms with Crippen LogP contribution in [0.1, 0.15) is 31.9 Å². The van der Waals surface area contributed by atoms with Gasteiger partial charge in [-0.1, -0.05) is 30.3 Å². The van der Waals surface area contributed by atoms with Crippen LogP contribution in [-0.4, -0.2) is 18.1 Å². The number of carbonyl (C=O) groups excluding carboxylic acids is 1. The fraction of sp³-hybridized carbons (Fsp3) is 0.350. The van der Waals surface area contributed by atoms with Crippen LogP contribution in [0.5, 0.6) is 11.5 Å². The molecule has 0 saturated carbocycles. The van der Waals surface area contributed by atoms with Crippen molar-refractivity contribution in [3.63, 3.8) is 0 Å². The Labute approximate surface area is 143 Å². The molecule has 2 rings (SSSR count). The van der Waals surface area contributed by atoms with Crippen LogP contribution in [0, 0.1) is 13.8 Å². The van der Waals surface area contributed by atoms with Crippen molar-refractivity contribution >= 4 is 11.6 Å². The Balaban J connectivity index is 2.10. The number of hydrogen-bond acceptors (Lipinski definition) is 3. The second kappa shape index (κ2) is 7.86. The summed E-state index contributed by atoms with van der Waals surface area (Å²) >= 11 is 0. The maximum Gasteiger partial charge on any atom is 0.265 e. The number of rotatable bonds is 6.